The fraction of sp³-hybridized carbons (Fsp3) is 0.714. The van der Waals surface area contributed by atoms with Crippen LogP contribution in [0.1, 0.15) is 26.7 Å². The summed E-state index contributed by atoms with van der Waals surface area (Å²) < 4.78 is 0. The molecule has 0 bridgehead atoms. The van der Waals surface area contributed by atoms with E-state index in [2.05, 4.69) is 18.7 Å². The van der Waals surface area contributed by atoms with Crippen LogP contribution in [0.2, 0.25) is 0 Å². The van der Waals surface area contributed by atoms with Crippen LogP contribution in [0.25, 0.3) is 0 Å². The molecule has 5 heteroatoms. The lowest BCUT2D eigenvalue weighted by Gasteiger charge is -2.22. The fourth-order valence-electron chi connectivity index (χ4n) is 2.90. The maximum atomic E-state index is 12.3. The van der Waals surface area contributed by atoms with Crippen molar-refractivity contribution in [2.75, 3.05) is 26.2 Å². The van der Waals surface area contributed by atoms with Crippen molar-refractivity contribution in [3.05, 3.63) is 11.1 Å². The third-order valence-electron chi connectivity index (χ3n) is 4.19. The summed E-state index contributed by atoms with van der Waals surface area (Å²) in [5.74, 6) is -0.440. The van der Waals surface area contributed by atoms with Gasteiger partial charge in [0.15, 0.2) is 0 Å². The Kier molecular flexibility index (Phi) is 4.63. The van der Waals surface area contributed by atoms with Crippen molar-refractivity contribution in [3.63, 3.8) is 0 Å². The zero-order chi connectivity index (χ0) is 14.0. The summed E-state index contributed by atoms with van der Waals surface area (Å²) in [5, 5.41) is 0.716. The van der Waals surface area contributed by atoms with Crippen LogP contribution in [0.5, 0.6) is 0 Å². The highest BCUT2D eigenvalue weighted by Crippen LogP contribution is 2.38. The number of carbonyl (C=O) groups excluding carboxylic acids is 2. The molecule has 4 nitrogen and oxygen atoms in total. The van der Waals surface area contributed by atoms with E-state index in [0.29, 0.717) is 24.4 Å². The molecule has 2 atom stereocenters. The Balaban J connectivity index is 2.00. The van der Waals surface area contributed by atoms with Gasteiger partial charge in [0.05, 0.1) is 11.8 Å². The van der Waals surface area contributed by atoms with Crippen molar-refractivity contribution in [2.24, 2.45) is 11.8 Å². The molecule has 0 N–H and O–H groups in total. The predicted octanol–water partition coefficient (Wildman–Crippen LogP) is 1.85. The van der Waals surface area contributed by atoms with Crippen LogP contribution < -0.4 is 0 Å². The highest BCUT2D eigenvalue weighted by atomic mass is 35.5. The van der Waals surface area contributed by atoms with E-state index in [9.17, 15) is 9.59 Å². The molecule has 2 aliphatic rings. The second-order valence-electron chi connectivity index (χ2n) is 5.16. The average molecular weight is 285 g/mol. The molecule has 2 amide bonds. The Labute approximate surface area is 119 Å². The summed E-state index contributed by atoms with van der Waals surface area (Å²) in [6, 6.07) is 0. The molecule has 0 aromatic carbocycles. The lowest BCUT2D eigenvalue weighted by molar-refractivity contribution is -0.140. The van der Waals surface area contributed by atoms with Gasteiger partial charge in [0.2, 0.25) is 11.8 Å². The van der Waals surface area contributed by atoms with Crippen LogP contribution in [0.15, 0.2) is 11.1 Å². The highest BCUT2D eigenvalue weighted by Gasteiger charge is 2.47. The second kappa shape index (κ2) is 6.06. The number of hydrogen-bond donors (Lipinski definition) is 0. The number of imide groups is 1. The molecule has 1 aliphatic carbocycles. The number of likely N-dealkylation sites (tertiary alicyclic amines) is 1. The minimum absolute atomic E-state index is 0.0115. The van der Waals surface area contributed by atoms with E-state index in [4.69, 9.17) is 11.6 Å². The number of nitrogens with zero attached hydrogens (tertiary/aromatic N) is 2. The number of amides is 2. The third kappa shape index (κ3) is 2.84. The predicted molar refractivity (Wildman–Crippen MR) is 74.7 cm³/mol. The molecule has 1 saturated heterocycles. The van der Waals surface area contributed by atoms with Gasteiger partial charge in [-0.3, -0.25) is 14.5 Å². The highest BCUT2D eigenvalue weighted by molar-refractivity contribution is 6.30. The van der Waals surface area contributed by atoms with Crippen LogP contribution in [-0.4, -0.2) is 47.8 Å². The first-order valence-corrected chi connectivity index (χ1v) is 7.38. The number of halogens is 1. The molecule has 0 unspecified atom stereocenters. The lowest BCUT2D eigenvalue weighted by atomic mass is 9.85. The summed E-state index contributed by atoms with van der Waals surface area (Å²) >= 11 is 5.99. The van der Waals surface area contributed by atoms with E-state index in [1.165, 1.54) is 4.90 Å². The summed E-state index contributed by atoms with van der Waals surface area (Å²) in [7, 11) is 0. The zero-order valence-electron chi connectivity index (χ0n) is 11.6. The second-order valence-corrected chi connectivity index (χ2v) is 5.64. The van der Waals surface area contributed by atoms with Gasteiger partial charge in [-0.15, -0.1) is 0 Å². The van der Waals surface area contributed by atoms with Gasteiger partial charge >= 0.3 is 0 Å². The minimum atomic E-state index is -0.221. The summed E-state index contributed by atoms with van der Waals surface area (Å²) in [6.45, 7) is 7.30. The van der Waals surface area contributed by atoms with E-state index in [1.54, 1.807) is 0 Å². The smallest absolute Gasteiger partial charge is 0.233 e. The monoisotopic (exact) mass is 284 g/mol. The van der Waals surface area contributed by atoms with E-state index < -0.39 is 0 Å². The van der Waals surface area contributed by atoms with E-state index in [0.717, 1.165) is 19.6 Å². The standard InChI is InChI=1S/C14H21ClN2O2/c1-3-16(4-2)7-8-17-13(18)11-6-5-10(15)9-12(11)14(17)19/h5,11-12H,3-4,6-9H2,1-2H3/t11-,12-/m1/s1. The molecular formula is C14H21ClN2O2. The molecule has 1 aliphatic heterocycles. The van der Waals surface area contributed by atoms with E-state index in [-0.39, 0.29) is 23.7 Å². The molecule has 19 heavy (non-hydrogen) atoms. The van der Waals surface area contributed by atoms with E-state index in [1.807, 2.05) is 6.08 Å². The molecular weight excluding hydrogens is 264 g/mol. The maximum Gasteiger partial charge on any atom is 0.233 e. The van der Waals surface area contributed by atoms with Crippen LogP contribution in [0.4, 0.5) is 0 Å². The molecule has 0 aromatic rings. The van der Waals surface area contributed by atoms with Crippen molar-refractivity contribution in [3.8, 4) is 0 Å². The number of likely N-dealkylation sites (N-methyl/N-ethyl adjacent to an activating group) is 1. The van der Waals surface area contributed by atoms with Gasteiger partial charge in [0.1, 0.15) is 0 Å². The fourth-order valence-corrected chi connectivity index (χ4v) is 3.15. The van der Waals surface area contributed by atoms with Crippen LogP contribution in [0.3, 0.4) is 0 Å². The summed E-state index contributed by atoms with van der Waals surface area (Å²) in [5.41, 5.74) is 0. The largest absolute Gasteiger partial charge is 0.302 e. The molecule has 0 radical (unpaired) electrons. The van der Waals surface area contributed by atoms with Gasteiger partial charge in [-0.05, 0) is 25.9 Å². The lowest BCUT2D eigenvalue weighted by Crippen LogP contribution is -2.39. The molecule has 2 rings (SSSR count). The summed E-state index contributed by atoms with van der Waals surface area (Å²) in [4.78, 5) is 28.2. The Bertz CT molecular complexity index is 404. The first-order chi connectivity index (χ1) is 9.08. The Morgan fingerprint density at radius 2 is 1.89 bits per heavy atom. The van der Waals surface area contributed by atoms with Gasteiger partial charge in [0, 0.05) is 18.1 Å². The normalized spacial score (nSPS) is 26.9. The third-order valence-corrected chi connectivity index (χ3v) is 4.50. The number of rotatable bonds is 5. The van der Waals surface area contributed by atoms with Crippen molar-refractivity contribution >= 4 is 23.4 Å². The Morgan fingerprint density at radius 1 is 1.26 bits per heavy atom. The van der Waals surface area contributed by atoms with Gasteiger partial charge in [-0.25, -0.2) is 0 Å². The Morgan fingerprint density at radius 3 is 2.53 bits per heavy atom. The number of fused-ring (bicyclic) bond motifs is 1. The van der Waals surface area contributed by atoms with Crippen molar-refractivity contribution in [1.82, 2.24) is 9.80 Å². The van der Waals surface area contributed by atoms with Crippen molar-refractivity contribution in [1.29, 1.82) is 0 Å². The van der Waals surface area contributed by atoms with Gasteiger partial charge in [0.25, 0.3) is 0 Å². The van der Waals surface area contributed by atoms with Gasteiger partial charge in [-0.2, -0.15) is 0 Å². The average Bonchev–Trinajstić information content (AvgIpc) is 2.64. The van der Waals surface area contributed by atoms with Crippen LogP contribution in [-0.2, 0) is 9.59 Å². The van der Waals surface area contributed by atoms with Crippen LogP contribution in [0, 0.1) is 11.8 Å². The van der Waals surface area contributed by atoms with E-state index >= 15 is 0 Å². The zero-order valence-corrected chi connectivity index (χ0v) is 12.3. The first-order valence-electron chi connectivity index (χ1n) is 7.00. The Hall–Kier alpha value is -0.870. The summed E-state index contributed by atoms with van der Waals surface area (Å²) in [6.07, 6.45) is 3.01. The van der Waals surface area contributed by atoms with Crippen LogP contribution >= 0.6 is 11.6 Å². The van der Waals surface area contributed by atoms with Crippen molar-refractivity contribution in [2.45, 2.75) is 26.7 Å². The molecule has 0 aromatic heterocycles. The quantitative estimate of drug-likeness (QED) is 0.724. The topological polar surface area (TPSA) is 40.6 Å². The number of hydrogen-bond acceptors (Lipinski definition) is 3. The maximum absolute atomic E-state index is 12.3. The van der Waals surface area contributed by atoms with Gasteiger partial charge in [-0.1, -0.05) is 31.5 Å². The van der Waals surface area contributed by atoms with Gasteiger partial charge < -0.3 is 4.90 Å². The number of carbonyl (C=O) groups is 2. The molecule has 0 saturated carbocycles. The molecule has 1 fully saturated rings. The molecule has 1 heterocycles. The SMILES string of the molecule is CCN(CC)CCN1C(=O)[C@@H]2CC=C(Cl)C[C@H]2C1=O. The van der Waals surface area contributed by atoms with Crippen molar-refractivity contribution < 1.29 is 9.59 Å². The first kappa shape index (κ1) is 14.5. The molecule has 106 valence electrons. The number of allylic oxidation sites excluding steroid dienone is 2. The minimum Gasteiger partial charge on any atom is -0.302 e. The molecule has 0 spiro atoms.